The van der Waals surface area contributed by atoms with Crippen LogP contribution in [0.3, 0.4) is 0 Å². The minimum atomic E-state index is 0.0786. The first-order valence-electron chi connectivity index (χ1n) is 7.27. The van der Waals surface area contributed by atoms with Crippen LogP contribution in [0.1, 0.15) is 17.8 Å². The van der Waals surface area contributed by atoms with Crippen LogP contribution < -0.4 is 5.73 Å². The van der Waals surface area contributed by atoms with E-state index < -0.39 is 0 Å². The normalized spacial score (nSPS) is 17.4. The largest absolute Gasteiger partial charge is 0.391 e. The van der Waals surface area contributed by atoms with E-state index in [-0.39, 0.29) is 6.10 Å². The van der Waals surface area contributed by atoms with E-state index in [0.717, 1.165) is 40.9 Å². The third-order valence-corrected chi connectivity index (χ3v) is 4.68. The fraction of sp³-hybridized carbons (Fsp3) is 0.400. The van der Waals surface area contributed by atoms with Crippen molar-refractivity contribution in [3.8, 4) is 0 Å². The third kappa shape index (κ3) is 3.31. The summed E-state index contributed by atoms with van der Waals surface area (Å²) in [6.45, 7) is 0.580. The Morgan fingerprint density at radius 2 is 2.14 bits per heavy atom. The monoisotopic (exact) mass is 317 g/mol. The van der Waals surface area contributed by atoms with Crippen molar-refractivity contribution >= 4 is 17.5 Å². The highest BCUT2D eigenvalue weighted by atomic mass is 32.2. The van der Waals surface area contributed by atoms with E-state index in [9.17, 15) is 0 Å². The first-order valence-corrected chi connectivity index (χ1v) is 8.25. The Kier molecular flexibility index (Phi) is 4.74. The van der Waals surface area contributed by atoms with Crippen molar-refractivity contribution < 1.29 is 4.84 Å². The van der Waals surface area contributed by atoms with Gasteiger partial charge in [0.15, 0.2) is 5.16 Å². The number of thioether (sulfide) groups is 1. The predicted octanol–water partition coefficient (Wildman–Crippen LogP) is 1.60. The molecule has 0 fully saturated rings. The van der Waals surface area contributed by atoms with Gasteiger partial charge in [-0.25, -0.2) is 0 Å². The van der Waals surface area contributed by atoms with E-state index in [1.807, 2.05) is 29.8 Å². The molecule has 2 N–H and O–H groups in total. The number of aromatic nitrogens is 3. The summed E-state index contributed by atoms with van der Waals surface area (Å²) in [5.41, 5.74) is 7.69. The molecule has 0 bridgehead atoms. The van der Waals surface area contributed by atoms with Crippen molar-refractivity contribution in [3.63, 3.8) is 0 Å². The molecule has 3 rings (SSSR count). The highest BCUT2D eigenvalue weighted by molar-refractivity contribution is 7.99. The molecule has 0 saturated heterocycles. The predicted molar refractivity (Wildman–Crippen MR) is 87.0 cm³/mol. The lowest BCUT2D eigenvalue weighted by Gasteiger charge is -2.07. The van der Waals surface area contributed by atoms with Gasteiger partial charge in [-0.15, -0.1) is 10.2 Å². The zero-order valence-corrected chi connectivity index (χ0v) is 13.3. The first kappa shape index (κ1) is 15.1. The molecule has 22 heavy (non-hydrogen) atoms. The maximum Gasteiger partial charge on any atom is 0.191 e. The highest BCUT2D eigenvalue weighted by Gasteiger charge is 2.23. The van der Waals surface area contributed by atoms with Gasteiger partial charge in [0.25, 0.3) is 0 Å². The lowest BCUT2D eigenvalue weighted by atomic mass is 10.1. The summed E-state index contributed by atoms with van der Waals surface area (Å²) in [5.74, 6) is 1.72. The summed E-state index contributed by atoms with van der Waals surface area (Å²) in [5, 5.41) is 13.4. The zero-order valence-electron chi connectivity index (χ0n) is 12.5. The highest BCUT2D eigenvalue weighted by Crippen LogP contribution is 2.23. The first-order chi connectivity index (χ1) is 10.8. The van der Waals surface area contributed by atoms with Crippen LogP contribution in [0, 0.1) is 0 Å². The van der Waals surface area contributed by atoms with Crippen molar-refractivity contribution in [2.45, 2.75) is 24.1 Å². The summed E-state index contributed by atoms with van der Waals surface area (Å²) in [7, 11) is 1.97. The van der Waals surface area contributed by atoms with Crippen LogP contribution in [-0.2, 0) is 18.3 Å². The minimum Gasteiger partial charge on any atom is -0.391 e. The van der Waals surface area contributed by atoms with Gasteiger partial charge in [-0.2, -0.15) is 0 Å². The van der Waals surface area contributed by atoms with Crippen LogP contribution in [0.25, 0.3) is 0 Å². The summed E-state index contributed by atoms with van der Waals surface area (Å²) in [4.78, 5) is 5.53. The van der Waals surface area contributed by atoms with Crippen LogP contribution in [0.4, 0.5) is 0 Å². The van der Waals surface area contributed by atoms with E-state index >= 15 is 0 Å². The van der Waals surface area contributed by atoms with Crippen LogP contribution in [0.5, 0.6) is 0 Å². The standard InChI is InChI=1S/C15H19N5OS/c1-20-14(7-8-16)17-18-15(20)22-10-12-9-13(19-21-12)11-5-3-2-4-6-11/h2-6,12H,7-10,16H2,1H3. The molecule has 2 aromatic rings. The molecule has 7 heteroatoms. The Balaban J connectivity index is 1.54. The van der Waals surface area contributed by atoms with Crippen molar-refractivity contribution in [3.05, 3.63) is 41.7 Å². The van der Waals surface area contributed by atoms with Gasteiger partial charge in [-0.3, -0.25) is 0 Å². The molecule has 116 valence electrons. The van der Waals surface area contributed by atoms with Gasteiger partial charge < -0.3 is 15.1 Å². The molecule has 0 saturated carbocycles. The molecule has 0 aliphatic carbocycles. The molecule has 0 radical (unpaired) electrons. The van der Waals surface area contributed by atoms with Crippen molar-refractivity contribution in [1.82, 2.24) is 14.8 Å². The molecule has 1 aromatic carbocycles. The Labute approximate surface area is 133 Å². The van der Waals surface area contributed by atoms with E-state index in [1.54, 1.807) is 11.8 Å². The van der Waals surface area contributed by atoms with E-state index in [2.05, 4.69) is 27.5 Å². The average molecular weight is 317 g/mol. The average Bonchev–Trinajstić information content (AvgIpc) is 3.15. The summed E-state index contributed by atoms with van der Waals surface area (Å²) in [6.07, 6.45) is 1.64. The Hall–Kier alpha value is -1.86. The fourth-order valence-electron chi connectivity index (χ4n) is 2.30. The quantitative estimate of drug-likeness (QED) is 0.819. The molecule has 1 atom stereocenters. The lowest BCUT2D eigenvalue weighted by molar-refractivity contribution is 0.103. The van der Waals surface area contributed by atoms with Gasteiger partial charge in [-0.05, 0) is 12.1 Å². The smallest absolute Gasteiger partial charge is 0.191 e. The molecule has 2 heterocycles. The van der Waals surface area contributed by atoms with Crippen molar-refractivity contribution in [2.75, 3.05) is 12.3 Å². The number of oxime groups is 1. The molecule has 6 nitrogen and oxygen atoms in total. The van der Waals surface area contributed by atoms with Gasteiger partial charge in [0.05, 0.1) is 5.71 Å². The number of nitrogens with zero attached hydrogens (tertiary/aromatic N) is 4. The second kappa shape index (κ2) is 6.93. The fourth-order valence-corrected chi connectivity index (χ4v) is 3.22. The summed E-state index contributed by atoms with van der Waals surface area (Å²) >= 11 is 1.64. The maximum atomic E-state index is 5.56. The Bertz CT molecular complexity index is 655. The van der Waals surface area contributed by atoms with Crippen LogP contribution >= 0.6 is 11.8 Å². The van der Waals surface area contributed by atoms with E-state index in [1.165, 1.54) is 0 Å². The van der Waals surface area contributed by atoms with Gasteiger partial charge in [0.1, 0.15) is 11.9 Å². The molecule has 1 aliphatic rings. The van der Waals surface area contributed by atoms with Crippen LogP contribution in [0.2, 0.25) is 0 Å². The maximum absolute atomic E-state index is 5.56. The minimum absolute atomic E-state index is 0.0786. The van der Waals surface area contributed by atoms with Crippen LogP contribution in [0.15, 0.2) is 40.6 Å². The molecule has 1 aliphatic heterocycles. The number of nitrogens with two attached hydrogens (primary N) is 1. The SMILES string of the molecule is Cn1c(CCN)nnc1SCC1CC(c2ccccc2)=NO1. The van der Waals surface area contributed by atoms with Crippen molar-refractivity contribution in [2.24, 2.45) is 17.9 Å². The zero-order chi connectivity index (χ0) is 15.4. The van der Waals surface area contributed by atoms with Gasteiger partial charge in [0, 0.05) is 25.6 Å². The van der Waals surface area contributed by atoms with E-state index in [0.29, 0.717) is 6.54 Å². The summed E-state index contributed by atoms with van der Waals surface area (Å²) < 4.78 is 1.99. The van der Waals surface area contributed by atoms with Gasteiger partial charge in [0.2, 0.25) is 0 Å². The number of hydrogen-bond donors (Lipinski definition) is 1. The molecular weight excluding hydrogens is 298 g/mol. The molecule has 0 amide bonds. The molecular formula is C15H19N5OS. The molecule has 0 spiro atoms. The second-order valence-corrected chi connectivity index (χ2v) is 6.13. The Morgan fingerprint density at radius 3 is 2.91 bits per heavy atom. The second-order valence-electron chi connectivity index (χ2n) is 5.14. The van der Waals surface area contributed by atoms with Gasteiger partial charge in [-0.1, -0.05) is 47.2 Å². The third-order valence-electron chi connectivity index (χ3n) is 3.53. The summed E-state index contributed by atoms with van der Waals surface area (Å²) in [6, 6.07) is 10.1. The van der Waals surface area contributed by atoms with Crippen molar-refractivity contribution in [1.29, 1.82) is 0 Å². The number of rotatable bonds is 6. The van der Waals surface area contributed by atoms with Gasteiger partial charge >= 0.3 is 0 Å². The number of hydrogen-bond acceptors (Lipinski definition) is 6. The molecule has 1 unspecified atom stereocenters. The van der Waals surface area contributed by atoms with E-state index in [4.69, 9.17) is 10.6 Å². The number of benzene rings is 1. The molecule has 1 aromatic heterocycles. The lowest BCUT2D eigenvalue weighted by Crippen LogP contribution is -2.12. The Morgan fingerprint density at radius 1 is 1.32 bits per heavy atom. The van der Waals surface area contributed by atoms with Crippen LogP contribution in [-0.4, -0.2) is 38.9 Å². The topological polar surface area (TPSA) is 78.3 Å².